The van der Waals surface area contributed by atoms with Crippen molar-refractivity contribution >= 4 is 53.0 Å². The molecule has 12 nitrogen and oxygen atoms in total. The molecule has 0 bridgehead atoms. The van der Waals surface area contributed by atoms with E-state index in [1.165, 1.54) is 24.9 Å². The number of para-hydroxylation sites is 1. The first kappa shape index (κ1) is 30.5. The molecule has 4 rings (SSSR count). The molecular formula is C24H31ClFN6O6PS. The minimum atomic E-state index is -3.50. The van der Waals surface area contributed by atoms with E-state index >= 15 is 4.39 Å². The van der Waals surface area contributed by atoms with E-state index in [4.69, 9.17) is 41.9 Å². The highest BCUT2D eigenvalue weighted by molar-refractivity contribution is 8.09. The number of fused-ring (bicyclic) bond motifs is 1. The Bertz CT molecular complexity index is 1400. The van der Waals surface area contributed by atoms with Crippen molar-refractivity contribution in [2.45, 2.75) is 44.0 Å². The fraction of sp³-hybridized carbons (Fsp3) is 0.500. The summed E-state index contributed by atoms with van der Waals surface area (Å²) in [5, 5.41) is 13.9. The molecule has 1 saturated heterocycles. The van der Waals surface area contributed by atoms with Gasteiger partial charge in [0, 0.05) is 14.1 Å². The van der Waals surface area contributed by atoms with Crippen LogP contribution in [0, 0.1) is 6.92 Å². The molecule has 1 fully saturated rings. The highest BCUT2D eigenvalue weighted by atomic mass is 35.5. The molecule has 3 heterocycles. The van der Waals surface area contributed by atoms with Crippen molar-refractivity contribution in [1.29, 1.82) is 0 Å². The summed E-state index contributed by atoms with van der Waals surface area (Å²) >= 11 is 12.0. The molecule has 0 radical (unpaired) electrons. The van der Waals surface area contributed by atoms with Crippen LogP contribution in [0.15, 0.2) is 36.7 Å². The fourth-order valence-electron chi connectivity index (χ4n) is 4.18. The van der Waals surface area contributed by atoms with Crippen molar-refractivity contribution in [2.24, 2.45) is 0 Å². The quantitative estimate of drug-likeness (QED) is 0.186. The molecule has 1 aliphatic rings. The first-order valence-corrected chi connectivity index (χ1v) is 15.4. The number of aromatic nitrogens is 4. The van der Waals surface area contributed by atoms with Gasteiger partial charge in [0.25, 0.3) is 0 Å². The van der Waals surface area contributed by atoms with Crippen LogP contribution in [0.5, 0.6) is 5.75 Å². The fourth-order valence-corrected chi connectivity index (χ4v) is 6.91. The van der Waals surface area contributed by atoms with Crippen LogP contribution in [0.4, 0.5) is 10.2 Å². The van der Waals surface area contributed by atoms with Crippen LogP contribution in [0.25, 0.3) is 11.2 Å². The maximum absolute atomic E-state index is 15.7. The summed E-state index contributed by atoms with van der Waals surface area (Å²) in [6.45, 7) is -0.710. The predicted octanol–water partition coefficient (Wildman–Crippen LogP) is 2.88. The number of hydrogen-bond acceptors (Lipinski definition) is 11. The number of nitrogens with one attached hydrogen (secondary N) is 1. The van der Waals surface area contributed by atoms with Crippen molar-refractivity contribution in [3.8, 4) is 5.75 Å². The minimum absolute atomic E-state index is 0.327. The molecule has 3 aromatic rings. The van der Waals surface area contributed by atoms with Gasteiger partial charge in [-0.2, -0.15) is 0 Å². The number of ether oxygens (including phenoxy) is 2. The molecule has 0 saturated carbocycles. The highest BCUT2D eigenvalue weighted by Gasteiger charge is 2.57. The zero-order chi connectivity index (χ0) is 29.2. The van der Waals surface area contributed by atoms with Crippen LogP contribution in [0.1, 0.15) is 19.0 Å². The Morgan fingerprint density at radius 1 is 1.38 bits per heavy atom. The number of carbonyl (C=O) groups is 1. The Hall–Kier alpha value is -2.45. The molecule has 40 heavy (non-hydrogen) atoms. The molecule has 2 N–H and O–H groups in total. The number of aryl methyl sites for hydroxylation is 1. The van der Waals surface area contributed by atoms with Gasteiger partial charge in [-0.1, -0.05) is 18.2 Å². The smallest absolute Gasteiger partial charge is 0.323 e. The lowest BCUT2D eigenvalue weighted by atomic mass is 9.99. The first-order chi connectivity index (χ1) is 18.9. The zero-order valence-electron chi connectivity index (χ0n) is 22.5. The molecule has 0 aliphatic carbocycles. The second kappa shape index (κ2) is 12.2. The Labute approximate surface area is 241 Å². The second-order valence-electron chi connectivity index (χ2n) is 9.46. The average Bonchev–Trinajstić information content (AvgIpc) is 3.45. The number of hydrogen-bond donors (Lipinski definition) is 2. The molecule has 1 aromatic carbocycles. The number of methoxy groups -OCH3 is 1. The van der Waals surface area contributed by atoms with E-state index in [9.17, 15) is 9.90 Å². The standard InChI is InChI=1S/C24H31ClFN6O6PS/c1-14(23(34)35-5)30-39(40,38-16-9-7-6-8-10-16)36-12-24(11-25)19(33)17(26)22(37-24)32-13-27-18-20(31(3)4)28-15(2)29-21(18)32/h6-10,13-14,17,19,22,33H,11-12H2,1-5H3,(H,30,40)/t14-,17-,19-,22+,24+,39?/m0/s1. The SMILES string of the molecule is COC(=O)[C@H](C)NP(=S)(OC[C@@]1(CCl)O[C@@H](n2cnc3c(N(C)C)nc(C)nc32)[C@@H](F)[C@@H]1O)Oc1ccccc1. The van der Waals surface area contributed by atoms with Crippen LogP contribution in [0.3, 0.4) is 0 Å². The van der Waals surface area contributed by atoms with Gasteiger partial charge in [-0.05, 0) is 37.8 Å². The molecule has 0 amide bonds. The molecule has 218 valence electrons. The predicted molar refractivity (Wildman–Crippen MR) is 151 cm³/mol. The van der Waals surface area contributed by atoms with Gasteiger partial charge >= 0.3 is 12.6 Å². The Morgan fingerprint density at radius 3 is 2.70 bits per heavy atom. The molecule has 2 aromatic heterocycles. The highest BCUT2D eigenvalue weighted by Crippen LogP contribution is 2.49. The maximum atomic E-state index is 15.7. The van der Waals surface area contributed by atoms with Gasteiger partial charge < -0.3 is 28.5 Å². The topological polar surface area (TPSA) is 133 Å². The molecule has 1 aliphatic heterocycles. The lowest BCUT2D eigenvalue weighted by Gasteiger charge is -2.33. The lowest BCUT2D eigenvalue weighted by molar-refractivity contribution is -0.142. The van der Waals surface area contributed by atoms with E-state index in [1.54, 1.807) is 56.3 Å². The number of esters is 1. The van der Waals surface area contributed by atoms with E-state index in [2.05, 4.69) is 20.0 Å². The van der Waals surface area contributed by atoms with Crippen LogP contribution in [-0.2, 0) is 30.6 Å². The Morgan fingerprint density at radius 2 is 2.08 bits per heavy atom. The van der Waals surface area contributed by atoms with E-state index in [-0.39, 0.29) is 5.88 Å². The number of benzene rings is 1. The second-order valence-corrected chi connectivity index (χ2v) is 12.9. The number of aliphatic hydroxyl groups excluding tert-OH is 1. The number of halogens is 2. The van der Waals surface area contributed by atoms with Crippen molar-refractivity contribution in [3.05, 3.63) is 42.5 Å². The number of anilines is 1. The lowest BCUT2D eigenvalue weighted by Crippen LogP contribution is -2.48. The largest absolute Gasteiger partial charge is 0.468 e. The van der Waals surface area contributed by atoms with Crippen molar-refractivity contribution < 1.29 is 32.8 Å². The van der Waals surface area contributed by atoms with Gasteiger partial charge in [-0.3, -0.25) is 9.36 Å². The van der Waals surface area contributed by atoms with Gasteiger partial charge in [0.2, 0.25) is 0 Å². The monoisotopic (exact) mass is 616 g/mol. The van der Waals surface area contributed by atoms with E-state index in [0.29, 0.717) is 28.6 Å². The molecular weight excluding hydrogens is 586 g/mol. The van der Waals surface area contributed by atoms with Gasteiger partial charge in [0.15, 0.2) is 29.4 Å². The molecule has 1 unspecified atom stereocenters. The summed E-state index contributed by atoms with van der Waals surface area (Å²) < 4.78 is 40.0. The van der Waals surface area contributed by atoms with Crippen LogP contribution in [-0.4, -0.2) is 88.2 Å². The van der Waals surface area contributed by atoms with Crippen molar-refractivity contribution in [1.82, 2.24) is 24.6 Å². The summed E-state index contributed by atoms with van der Waals surface area (Å²) in [6, 6.07) is 7.71. The Kier molecular flexibility index (Phi) is 9.30. The van der Waals surface area contributed by atoms with Crippen molar-refractivity contribution in [3.63, 3.8) is 0 Å². The van der Waals surface area contributed by atoms with E-state index < -0.39 is 49.4 Å². The molecule has 0 spiro atoms. The first-order valence-electron chi connectivity index (χ1n) is 12.2. The molecule has 6 atom stereocenters. The third-order valence-corrected chi connectivity index (χ3v) is 9.19. The number of carbonyl (C=O) groups excluding carboxylic acids is 1. The van der Waals surface area contributed by atoms with Gasteiger partial charge in [0.1, 0.15) is 29.3 Å². The Balaban J connectivity index is 1.63. The van der Waals surface area contributed by atoms with Crippen LogP contribution < -0.4 is 14.5 Å². The summed E-state index contributed by atoms with van der Waals surface area (Å²) in [6.07, 6.45) is -3.58. The number of imidazole rings is 1. The molecule has 16 heteroatoms. The van der Waals surface area contributed by atoms with E-state index in [1.807, 2.05) is 0 Å². The zero-order valence-corrected chi connectivity index (χ0v) is 25.0. The maximum Gasteiger partial charge on any atom is 0.323 e. The summed E-state index contributed by atoms with van der Waals surface area (Å²) in [4.78, 5) is 27.1. The van der Waals surface area contributed by atoms with E-state index in [0.717, 1.165) is 0 Å². The van der Waals surface area contributed by atoms with Crippen LogP contribution in [0.2, 0.25) is 0 Å². The average molecular weight is 617 g/mol. The van der Waals surface area contributed by atoms with Gasteiger partial charge in [-0.25, -0.2) is 24.4 Å². The summed E-state index contributed by atoms with van der Waals surface area (Å²) in [5.41, 5.74) is -0.962. The number of nitrogens with zero attached hydrogens (tertiary/aromatic N) is 5. The minimum Gasteiger partial charge on any atom is -0.468 e. The third kappa shape index (κ3) is 6.08. The third-order valence-electron chi connectivity index (χ3n) is 6.26. The van der Waals surface area contributed by atoms with Gasteiger partial charge in [0.05, 0.1) is 25.9 Å². The number of aliphatic hydroxyl groups is 1. The summed E-state index contributed by atoms with van der Waals surface area (Å²) in [5.74, 6) is 0.433. The summed E-state index contributed by atoms with van der Waals surface area (Å²) in [7, 11) is 4.85. The van der Waals surface area contributed by atoms with Gasteiger partial charge in [-0.15, -0.1) is 11.6 Å². The number of alkyl halides is 2. The normalized spacial score (nSPS) is 24.9. The van der Waals surface area contributed by atoms with Crippen LogP contribution >= 0.6 is 18.2 Å². The number of rotatable bonds is 11. The van der Waals surface area contributed by atoms with Crippen molar-refractivity contribution in [2.75, 3.05) is 38.6 Å².